The second kappa shape index (κ2) is 9.44. The Bertz CT molecular complexity index is 1060. The molecule has 1 N–H and O–H groups in total. The average Bonchev–Trinajstić information content (AvgIpc) is 3.15. The number of anilines is 1. The second-order valence-corrected chi connectivity index (χ2v) is 7.18. The zero-order chi connectivity index (χ0) is 20.8. The van der Waals surface area contributed by atoms with Crippen molar-refractivity contribution in [3.63, 3.8) is 0 Å². The molecule has 2 aromatic heterocycles. The number of ether oxygens (including phenoxy) is 2. The fourth-order valence-corrected chi connectivity index (χ4v) is 3.51. The van der Waals surface area contributed by atoms with Crippen LogP contribution in [0, 0.1) is 6.92 Å². The third-order valence-electron chi connectivity index (χ3n) is 4.22. The molecule has 0 aliphatic carbocycles. The van der Waals surface area contributed by atoms with E-state index in [4.69, 9.17) is 9.47 Å². The van der Waals surface area contributed by atoms with Gasteiger partial charge in [-0.3, -0.25) is 19.5 Å². The van der Waals surface area contributed by atoms with Crippen molar-refractivity contribution in [3.05, 3.63) is 63.0 Å². The Hall–Kier alpha value is -3.04. The van der Waals surface area contributed by atoms with Gasteiger partial charge in [-0.1, -0.05) is 23.5 Å². The highest BCUT2D eigenvalue weighted by Crippen LogP contribution is 2.21. The summed E-state index contributed by atoms with van der Waals surface area (Å²) in [6.07, 6.45) is 2.25. The van der Waals surface area contributed by atoms with E-state index in [9.17, 15) is 9.59 Å². The fraction of sp³-hybridized carbons (Fsp3) is 0.300. The summed E-state index contributed by atoms with van der Waals surface area (Å²) in [7, 11) is 1.53. The van der Waals surface area contributed by atoms with Crippen molar-refractivity contribution in [1.82, 2.24) is 14.8 Å². The number of benzene rings is 1. The van der Waals surface area contributed by atoms with Gasteiger partial charge in [-0.15, -0.1) is 10.2 Å². The van der Waals surface area contributed by atoms with Crippen molar-refractivity contribution >= 4 is 22.4 Å². The number of aryl methyl sites for hydroxylation is 1. The molecule has 0 fully saturated rings. The van der Waals surface area contributed by atoms with Gasteiger partial charge in [0.25, 0.3) is 11.5 Å². The molecule has 0 aliphatic rings. The highest BCUT2D eigenvalue weighted by molar-refractivity contribution is 7.15. The minimum absolute atomic E-state index is 0.0458. The average molecular weight is 414 g/mol. The molecule has 0 saturated heterocycles. The molecule has 0 unspecified atom stereocenters. The van der Waals surface area contributed by atoms with Crippen LogP contribution >= 0.6 is 11.3 Å². The zero-order valence-electron chi connectivity index (χ0n) is 16.5. The number of carbonyl (C=O) groups is 1. The first-order valence-corrected chi connectivity index (χ1v) is 9.94. The third kappa shape index (κ3) is 4.69. The van der Waals surface area contributed by atoms with Gasteiger partial charge >= 0.3 is 0 Å². The maximum absolute atomic E-state index is 13.1. The van der Waals surface area contributed by atoms with Crippen LogP contribution in [0.15, 0.2) is 41.3 Å². The number of para-hydroxylation sites is 2. The van der Waals surface area contributed by atoms with Gasteiger partial charge < -0.3 is 9.47 Å². The first kappa shape index (κ1) is 20.7. The predicted molar refractivity (Wildman–Crippen MR) is 111 cm³/mol. The molecule has 1 aromatic carbocycles. The van der Waals surface area contributed by atoms with E-state index >= 15 is 0 Å². The van der Waals surface area contributed by atoms with Crippen LogP contribution in [0.1, 0.15) is 27.9 Å². The van der Waals surface area contributed by atoms with Crippen molar-refractivity contribution in [2.24, 2.45) is 0 Å². The number of amides is 1. The normalized spacial score (nSPS) is 10.7. The van der Waals surface area contributed by atoms with E-state index in [2.05, 4.69) is 15.5 Å². The molecular weight excluding hydrogens is 392 g/mol. The molecule has 152 valence electrons. The van der Waals surface area contributed by atoms with Gasteiger partial charge in [0, 0.05) is 19.2 Å². The van der Waals surface area contributed by atoms with E-state index in [1.807, 2.05) is 13.0 Å². The molecule has 29 heavy (non-hydrogen) atoms. The molecule has 0 spiro atoms. The van der Waals surface area contributed by atoms with Crippen LogP contribution in [0.5, 0.6) is 5.75 Å². The van der Waals surface area contributed by atoms with Crippen LogP contribution in [0.2, 0.25) is 0 Å². The number of rotatable bonds is 8. The summed E-state index contributed by atoms with van der Waals surface area (Å²) in [5.74, 6) is 0.0112. The summed E-state index contributed by atoms with van der Waals surface area (Å²) in [5.41, 5.74) is 0.737. The van der Waals surface area contributed by atoms with Gasteiger partial charge in [0.1, 0.15) is 16.3 Å². The monoisotopic (exact) mass is 414 g/mol. The van der Waals surface area contributed by atoms with Crippen LogP contribution in [-0.2, 0) is 11.2 Å². The van der Waals surface area contributed by atoms with Gasteiger partial charge in [0.05, 0.1) is 19.4 Å². The van der Waals surface area contributed by atoms with E-state index in [0.29, 0.717) is 41.8 Å². The van der Waals surface area contributed by atoms with E-state index in [-0.39, 0.29) is 5.56 Å². The lowest BCUT2D eigenvalue weighted by molar-refractivity contribution is 0.102. The van der Waals surface area contributed by atoms with Gasteiger partial charge in [-0.05, 0) is 37.6 Å². The Morgan fingerprint density at radius 3 is 2.79 bits per heavy atom. The van der Waals surface area contributed by atoms with Crippen molar-refractivity contribution in [1.29, 1.82) is 0 Å². The third-order valence-corrected chi connectivity index (χ3v) is 5.12. The standard InChI is InChI=1S/C20H22N4O4S/c1-4-28-12-10-16-22-23-20(29-16)21-18(25)17-13(2)9-11-24(19(17)26)14-7-5-6-8-15(14)27-3/h5-9,11H,4,10,12H2,1-3H3,(H,21,23,25). The fourth-order valence-electron chi connectivity index (χ4n) is 2.79. The van der Waals surface area contributed by atoms with Gasteiger partial charge in [-0.25, -0.2) is 0 Å². The van der Waals surface area contributed by atoms with Gasteiger partial charge in [0.2, 0.25) is 5.13 Å². The predicted octanol–water partition coefficient (Wildman–Crippen LogP) is 2.84. The molecule has 1 amide bonds. The molecule has 0 radical (unpaired) electrons. The summed E-state index contributed by atoms with van der Waals surface area (Å²) in [5, 5.41) is 11.8. The van der Waals surface area contributed by atoms with Crippen LogP contribution in [-0.4, -0.2) is 41.0 Å². The number of nitrogens with one attached hydrogen (secondary N) is 1. The lowest BCUT2D eigenvalue weighted by Gasteiger charge is -2.13. The van der Waals surface area contributed by atoms with Crippen LogP contribution < -0.4 is 15.6 Å². The molecule has 0 aliphatic heterocycles. The van der Waals surface area contributed by atoms with E-state index in [1.54, 1.807) is 37.4 Å². The first-order chi connectivity index (χ1) is 14.0. The lowest BCUT2D eigenvalue weighted by Crippen LogP contribution is -2.29. The van der Waals surface area contributed by atoms with Crippen molar-refractivity contribution in [3.8, 4) is 11.4 Å². The van der Waals surface area contributed by atoms with E-state index in [0.717, 1.165) is 5.01 Å². The molecule has 0 atom stereocenters. The molecular formula is C20H22N4O4S. The maximum Gasteiger partial charge on any atom is 0.268 e. The number of aromatic nitrogens is 3. The summed E-state index contributed by atoms with van der Waals surface area (Å²) >= 11 is 1.26. The Balaban J connectivity index is 1.87. The summed E-state index contributed by atoms with van der Waals surface area (Å²) in [4.78, 5) is 25.9. The summed E-state index contributed by atoms with van der Waals surface area (Å²) < 4.78 is 12.0. The van der Waals surface area contributed by atoms with Crippen LogP contribution in [0.4, 0.5) is 5.13 Å². The van der Waals surface area contributed by atoms with Gasteiger partial charge in [0.15, 0.2) is 0 Å². The highest BCUT2D eigenvalue weighted by atomic mass is 32.1. The van der Waals surface area contributed by atoms with Gasteiger partial charge in [-0.2, -0.15) is 0 Å². The zero-order valence-corrected chi connectivity index (χ0v) is 17.3. The molecule has 0 bridgehead atoms. The van der Waals surface area contributed by atoms with E-state index < -0.39 is 11.5 Å². The quantitative estimate of drug-likeness (QED) is 0.570. The van der Waals surface area contributed by atoms with Crippen molar-refractivity contribution in [2.45, 2.75) is 20.3 Å². The lowest BCUT2D eigenvalue weighted by atomic mass is 10.1. The summed E-state index contributed by atoms with van der Waals surface area (Å²) in [6.45, 7) is 4.82. The Labute approximate surface area is 172 Å². The molecule has 0 saturated carbocycles. The number of carbonyl (C=O) groups excluding carboxylic acids is 1. The smallest absolute Gasteiger partial charge is 0.268 e. The van der Waals surface area contributed by atoms with Crippen molar-refractivity contribution in [2.75, 3.05) is 25.6 Å². The Morgan fingerprint density at radius 1 is 1.24 bits per heavy atom. The Morgan fingerprint density at radius 2 is 2.03 bits per heavy atom. The van der Waals surface area contributed by atoms with E-state index in [1.165, 1.54) is 23.0 Å². The molecule has 2 heterocycles. The SMILES string of the molecule is CCOCCc1nnc(NC(=O)c2c(C)ccn(-c3ccccc3OC)c2=O)s1. The molecule has 3 aromatic rings. The number of hydrogen-bond donors (Lipinski definition) is 1. The largest absolute Gasteiger partial charge is 0.495 e. The number of pyridine rings is 1. The van der Waals surface area contributed by atoms with Crippen LogP contribution in [0.25, 0.3) is 5.69 Å². The second-order valence-electron chi connectivity index (χ2n) is 6.12. The minimum atomic E-state index is -0.524. The van der Waals surface area contributed by atoms with Crippen LogP contribution in [0.3, 0.4) is 0 Å². The highest BCUT2D eigenvalue weighted by Gasteiger charge is 2.19. The minimum Gasteiger partial charge on any atom is -0.495 e. The number of hydrogen-bond acceptors (Lipinski definition) is 7. The van der Waals surface area contributed by atoms with Crippen molar-refractivity contribution < 1.29 is 14.3 Å². The first-order valence-electron chi connectivity index (χ1n) is 9.12. The maximum atomic E-state index is 13.1. The molecule has 3 rings (SSSR count). The number of nitrogens with zero attached hydrogens (tertiary/aromatic N) is 3. The Kier molecular flexibility index (Phi) is 6.73. The molecule has 8 nitrogen and oxygen atoms in total. The number of methoxy groups -OCH3 is 1. The molecule has 9 heteroatoms. The topological polar surface area (TPSA) is 95.3 Å². The summed E-state index contributed by atoms with van der Waals surface area (Å²) in [6, 6.07) is 8.85.